The molecule has 0 fully saturated rings. The van der Waals surface area contributed by atoms with Crippen molar-refractivity contribution in [2.24, 2.45) is 0 Å². The second kappa shape index (κ2) is 8.66. The van der Waals surface area contributed by atoms with Gasteiger partial charge in [-0.2, -0.15) is 5.26 Å². The number of anilines is 1. The first-order chi connectivity index (χ1) is 15.5. The van der Waals surface area contributed by atoms with Crippen LogP contribution >= 0.6 is 0 Å². The normalized spacial score (nSPS) is 15.4. The molecule has 0 saturated heterocycles. The summed E-state index contributed by atoms with van der Waals surface area (Å²) in [7, 11) is 0. The summed E-state index contributed by atoms with van der Waals surface area (Å²) in [6.45, 7) is 1.67. The molecule has 1 unspecified atom stereocenters. The molecule has 0 amide bonds. The van der Waals surface area contributed by atoms with Crippen LogP contribution in [0.25, 0.3) is 11.1 Å². The van der Waals surface area contributed by atoms with Gasteiger partial charge in [-0.1, -0.05) is 30.3 Å². The Bertz CT molecular complexity index is 1310. The number of carbonyl (C=O) groups excluding carboxylic acids is 1. The molecule has 0 N–H and O–H groups in total. The van der Waals surface area contributed by atoms with Crippen LogP contribution in [0.4, 0.5) is 11.4 Å². The highest BCUT2D eigenvalue weighted by molar-refractivity contribution is 5.99. The number of aryl methyl sites for hydroxylation is 1. The Kier molecular flexibility index (Phi) is 5.60. The van der Waals surface area contributed by atoms with Crippen molar-refractivity contribution in [1.29, 1.82) is 5.26 Å². The Hall–Kier alpha value is -4.57. The van der Waals surface area contributed by atoms with Crippen LogP contribution in [0, 0.1) is 28.4 Å². The van der Waals surface area contributed by atoms with Crippen LogP contribution in [0.1, 0.15) is 22.4 Å². The van der Waals surface area contributed by atoms with Gasteiger partial charge in [-0.15, -0.1) is 0 Å². The van der Waals surface area contributed by atoms with Crippen LogP contribution in [-0.4, -0.2) is 22.2 Å². The number of aldehydes is 1. The third kappa shape index (κ3) is 3.77. The van der Waals surface area contributed by atoms with Crippen LogP contribution in [-0.2, 0) is 4.79 Å². The molecule has 0 spiro atoms. The van der Waals surface area contributed by atoms with Crippen LogP contribution < -0.4 is 4.90 Å². The first-order valence-corrected chi connectivity index (χ1v) is 9.86. The van der Waals surface area contributed by atoms with Crippen molar-refractivity contribution in [3.63, 3.8) is 0 Å². The fourth-order valence-electron chi connectivity index (χ4n) is 3.74. The smallest absolute Gasteiger partial charge is 0.274 e. The summed E-state index contributed by atoms with van der Waals surface area (Å²) in [4.78, 5) is 29.5. The number of rotatable bonds is 5. The van der Waals surface area contributed by atoms with Crippen molar-refractivity contribution < 1.29 is 9.72 Å². The fourth-order valence-corrected chi connectivity index (χ4v) is 3.74. The van der Waals surface area contributed by atoms with E-state index in [1.807, 2.05) is 18.2 Å². The van der Waals surface area contributed by atoms with E-state index in [9.17, 15) is 20.2 Å². The van der Waals surface area contributed by atoms with Crippen molar-refractivity contribution in [2.75, 3.05) is 4.90 Å². The van der Waals surface area contributed by atoms with Crippen molar-refractivity contribution in [2.45, 2.75) is 13.0 Å². The first-order valence-electron chi connectivity index (χ1n) is 9.86. The summed E-state index contributed by atoms with van der Waals surface area (Å²) in [5, 5.41) is 21.1. The molecule has 32 heavy (non-hydrogen) atoms. The van der Waals surface area contributed by atoms with Gasteiger partial charge in [0.1, 0.15) is 12.3 Å². The van der Waals surface area contributed by atoms with Crippen molar-refractivity contribution in [3.05, 3.63) is 112 Å². The Balaban J connectivity index is 1.94. The van der Waals surface area contributed by atoms with Crippen LogP contribution in [0.15, 0.2) is 79.1 Å². The van der Waals surface area contributed by atoms with Crippen molar-refractivity contribution >= 4 is 28.8 Å². The zero-order valence-corrected chi connectivity index (χ0v) is 17.2. The summed E-state index contributed by atoms with van der Waals surface area (Å²) in [6.07, 6.45) is 6.04. The number of nitrogens with zero attached hydrogens (tertiary/aromatic N) is 4. The zero-order valence-electron chi connectivity index (χ0n) is 17.2. The number of pyridine rings is 1. The highest BCUT2D eigenvalue weighted by Crippen LogP contribution is 2.37. The van der Waals surface area contributed by atoms with Crippen LogP contribution in [0.2, 0.25) is 0 Å². The number of hydrogen-bond acceptors (Lipinski definition) is 6. The average molecular weight is 422 g/mol. The maximum atomic E-state index is 12.3. The van der Waals surface area contributed by atoms with E-state index in [0.717, 1.165) is 11.9 Å². The number of benzene rings is 2. The minimum atomic E-state index is -0.778. The highest BCUT2D eigenvalue weighted by atomic mass is 16.6. The summed E-state index contributed by atoms with van der Waals surface area (Å²) >= 11 is 0. The fraction of sp³-hybridized carbons (Fsp3) is 0.0800. The van der Waals surface area contributed by atoms with E-state index in [1.54, 1.807) is 66.7 Å². The highest BCUT2D eigenvalue weighted by Gasteiger charge is 2.29. The van der Waals surface area contributed by atoms with Gasteiger partial charge in [-0.05, 0) is 48.4 Å². The van der Waals surface area contributed by atoms with Crippen molar-refractivity contribution in [1.82, 2.24) is 4.98 Å². The third-order valence-corrected chi connectivity index (χ3v) is 5.34. The molecule has 2 heterocycles. The van der Waals surface area contributed by atoms with Crippen LogP contribution in [0.3, 0.4) is 0 Å². The zero-order chi connectivity index (χ0) is 22.7. The Morgan fingerprint density at radius 1 is 1.16 bits per heavy atom. The Morgan fingerprint density at radius 2 is 1.94 bits per heavy atom. The molecular formula is C25H18N4O3. The molecular weight excluding hydrogens is 404 g/mol. The number of nitro benzene ring substituents is 1. The van der Waals surface area contributed by atoms with Crippen molar-refractivity contribution in [3.8, 4) is 6.07 Å². The number of nitro groups is 1. The van der Waals surface area contributed by atoms with E-state index in [1.165, 1.54) is 6.07 Å². The van der Waals surface area contributed by atoms with E-state index in [4.69, 9.17) is 0 Å². The molecule has 4 rings (SSSR count). The van der Waals surface area contributed by atoms with Gasteiger partial charge in [-0.3, -0.25) is 15.1 Å². The lowest BCUT2D eigenvalue weighted by Crippen LogP contribution is -2.36. The molecule has 0 aliphatic carbocycles. The van der Waals surface area contributed by atoms with E-state index in [-0.39, 0.29) is 5.69 Å². The number of nitriles is 1. The van der Waals surface area contributed by atoms with E-state index >= 15 is 0 Å². The third-order valence-electron chi connectivity index (χ3n) is 5.34. The first kappa shape index (κ1) is 20.7. The summed E-state index contributed by atoms with van der Waals surface area (Å²) in [6, 6.07) is 18.8. The second-order valence-corrected chi connectivity index (χ2v) is 7.27. The molecule has 7 heteroatoms. The molecule has 156 valence electrons. The maximum absolute atomic E-state index is 12.3. The molecule has 0 bridgehead atoms. The van der Waals surface area contributed by atoms with Gasteiger partial charge in [0.2, 0.25) is 0 Å². The molecule has 1 aliphatic rings. The topological polar surface area (TPSA) is 100 Å². The standard InChI is InChI=1S/C25H18N4O3/c1-17-9-10-20(13-24(17)29(31)32)28-15-19(23-8-4-5-11-27-23)12-22(25(28)16-30)21-7-3-2-6-18(21)14-26/h2-13,15-16,25H,1H3. The van der Waals surface area contributed by atoms with E-state index < -0.39 is 11.0 Å². The quantitative estimate of drug-likeness (QED) is 0.336. The molecule has 1 aromatic heterocycles. The van der Waals surface area contributed by atoms with E-state index in [2.05, 4.69) is 11.1 Å². The second-order valence-electron chi connectivity index (χ2n) is 7.27. The number of hydrogen-bond donors (Lipinski definition) is 0. The monoisotopic (exact) mass is 422 g/mol. The number of allylic oxidation sites excluding steroid dienone is 2. The number of aromatic nitrogens is 1. The summed E-state index contributed by atoms with van der Waals surface area (Å²) < 4.78 is 0. The lowest BCUT2D eigenvalue weighted by Gasteiger charge is -2.33. The van der Waals surface area contributed by atoms with Gasteiger partial charge in [0, 0.05) is 35.3 Å². The molecule has 1 atom stereocenters. The van der Waals surface area contributed by atoms with Gasteiger partial charge < -0.3 is 9.69 Å². The maximum Gasteiger partial charge on any atom is 0.274 e. The predicted octanol–water partition coefficient (Wildman–Crippen LogP) is 4.68. The van der Waals surface area contributed by atoms with Gasteiger partial charge in [0.15, 0.2) is 0 Å². The van der Waals surface area contributed by atoms with Gasteiger partial charge >= 0.3 is 0 Å². The lowest BCUT2D eigenvalue weighted by atomic mass is 9.89. The SMILES string of the molecule is Cc1ccc(N2C=C(c3ccccn3)C=C(c3ccccc3C#N)C2C=O)cc1[N+](=O)[O-]. The lowest BCUT2D eigenvalue weighted by molar-refractivity contribution is -0.385. The Morgan fingerprint density at radius 3 is 2.62 bits per heavy atom. The minimum absolute atomic E-state index is 0.0338. The molecule has 0 radical (unpaired) electrons. The summed E-state index contributed by atoms with van der Waals surface area (Å²) in [5.41, 5.74) is 4.05. The molecule has 1 aliphatic heterocycles. The van der Waals surface area contributed by atoms with Crippen LogP contribution in [0.5, 0.6) is 0 Å². The van der Waals surface area contributed by atoms with E-state index in [0.29, 0.717) is 33.6 Å². The number of carbonyl (C=O) groups is 1. The predicted molar refractivity (Wildman–Crippen MR) is 122 cm³/mol. The van der Waals surface area contributed by atoms with Gasteiger partial charge in [0.25, 0.3) is 5.69 Å². The molecule has 2 aromatic carbocycles. The molecule has 0 saturated carbocycles. The average Bonchev–Trinajstić information content (AvgIpc) is 2.83. The largest absolute Gasteiger partial charge is 0.333 e. The van der Waals surface area contributed by atoms with Gasteiger partial charge in [0.05, 0.1) is 22.2 Å². The minimum Gasteiger partial charge on any atom is -0.333 e. The summed E-state index contributed by atoms with van der Waals surface area (Å²) in [5.74, 6) is 0. The van der Waals surface area contributed by atoms with Gasteiger partial charge in [-0.25, -0.2) is 0 Å². The molecule has 7 nitrogen and oxygen atoms in total. The Labute approximate surface area is 184 Å². The molecule has 3 aromatic rings.